The Morgan fingerprint density at radius 2 is 2.31 bits per heavy atom. The molecular formula is C10H17NO2. The minimum Gasteiger partial charge on any atom is -0.466 e. The van der Waals surface area contributed by atoms with Gasteiger partial charge in [-0.3, -0.25) is 9.69 Å². The Bertz CT molecular complexity index is 205. The van der Waals surface area contributed by atoms with E-state index in [0.29, 0.717) is 12.6 Å². The third-order valence-electron chi connectivity index (χ3n) is 3.20. The molecule has 3 heteroatoms. The molecule has 2 rings (SSSR count). The van der Waals surface area contributed by atoms with Gasteiger partial charge in [-0.15, -0.1) is 0 Å². The Balaban J connectivity index is 1.96. The third kappa shape index (κ3) is 1.57. The number of ether oxygens (including phenoxy) is 1. The molecule has 0 radical (unpaired) electrons. The summed E-state index contributed by atoms with van der Waals surface area (Å²) in [7, 11) is 0. The van der Waals surface area contributed by atoms with E-state index in [1.54, 1.807) is 0 Å². The van der Waals surface area contributed by atoms with E-state index in [-0.39, 0.29) is 11.9 Å². The largest absolute Gasteiger partial charge is 0.466 e. The normalized spacial score (nSPS) is 33.3. The summed E-state index contributed by atoms with van der Waals surface area (Å²) in [4.78, 5) is 14.0. The van der Waals surface area contributed by atoms with E-state index in [1.807, 2.05) is 6.92 Å². The molecule has 0 aromatic carbocycles. The first-order valence-corrected chi connectivity index (χ1v) is 5.23. The first-order chi connectivity index (χ1) is 6.33. The molecule has 74 valence electrons. The van der Waals surface area contributed by atoms with Crippen molar-refractivity contribution in [3.63, 3.8) is 0 Å². The van der Waals surface area contributed by atoms with Crippen molar-refractivity contribution in [2.24, 2.45) is 5.92 Å². The Labute approximate surface area is 79.0 Å². The van der Waals surface area contributed by atoms with Crippen LogP contribution in [0.15, 0.2) is 0 Å². The van der Waals surface area contributed by atoms with Gasteiger partial charge in [-0.1, -0.05) is 0 Å². The lowest BCUT2D eigenvalue weighted by Gasteiger charge is -2.18. The van der Waals surface area contributed by atoms with Gasteiger partial charge >= 0.3 is 5.97 Å². The number of nitrogens with zero attached hydrogens (tertiary/aromatic N) is 1. The predicted octanol–water partition coefficient (Wildman–Crippen LogP) is 1.03. The van der Waals surface area contributed by atoms with Gasteiger partial charge in [0.15, 0.2) is 0 Å². The monoisotopic (exact) mass is 183 g/mol. The summed E-state index contributed by atoms with van der Waals surface area (Å²) in [5, 5.41) is 0. The molecular weight excluding hydrogens is 166 g/mol. The van der Waals surface area contributed by atoms with Gasteiger partial charge in [-0.25, -0.2) is 0 Å². The molecule has 2 fully saturated rings. The maximum absolute atomic E-state index is 11.5. The minimum absolute atomic E-state index is 0.0249. The molecule has 0 aromatic heterocycles. The van der Waals surface area contributed by atoms with Crippen LogP contribution >= 0.6 is 0 Å². The van der Waals surface area contributed by atoms with Crippen molar-refractivity contribution in [3.05, 3.63) is 0 Å². The number of hydrogen-bond acceptors (Lipinski definition) is 3. The minimum atomic E-state index is 0.0249. The van der Waals surface area contributed by atoms with E-state index in [4.69, 9.17) is 4.74 Å². The molecule has 3 nitrogen and oxygen atoms in total. The molecule has 2 aliphatic rings. The van der Waals surface area contributed by atoms with Gasteiger partial charge in [0.1, 0.15) is 0 Å². The lowest BCUT2D eigenvalue weighted by molar-refractivity contribution is -0.148. The van der Waals surface area contributed by atoms with Gasteiger partial charge in [0.05, 0.1) is 12.5 Å². The van der Waals surface area contributed by atoms with Crippen LogP contribution in [0.1, 0.15) is 26.2 Å². The van der Waals surface area contributed by atoms with Crippen molar-refractivity contribution >= 4 is 5.97 Å². The second-order valence-corrected chi connectivity index (χ2v) is 3.89. The molecule has 0 N–H and O–H groups in total. The van der Waals surface area contributed by atoms with Crippen molar-refractivity contribution < 1.29 is 9.53 Å². The number of rotatable bonds is 2. The summed E-state index contributed by atoms with van der Waals surface area (Å²) in [5.41, 5.74) is 0. The first-order valence-electron chi connectivity index (χ1n) is 5.23. The van der Waals surface area contributed by atoms with E-state index in [2.05, 4.69) is 4.90 Å². The van der Waals surface area contributed by atoms with E-state index in [0.717, 1.165) is 13.0 Å². The Kier molecular flexibility index (Phi) is 2.54. The molecule has 0 spiro atoms. The van der Waals surface area contributed by atoms with Crippen LogP contribution in [0.25, 0.3) is 0 Å². The standard InChI is InChI=1S/C10H17NO2/c1-2-13-10(12)8-5-7-11-6-3-4-9(8)11/h8-9H,2-7H2,1H3/t8-,9-/m0/s1. The van der Waals surface area contributed by atoms with Crippen molar-refractivity contribution in [2.45, 2.75) is 32.2 Å². The topological polar surface area (TPSA) is 29.5 Å². The molecule has 0 saturated carbocycles. The Morgan fingerprint density at radius 1 is 1.46 bits per heavy atom. The highest BCUT2D eigenvalue weighted by Crippen LogP contribution is 2.33. The second kappa shape index (κ2) is 3.66. The van der Waals surface area contributed by atoms with Crippen molar-refractivity contribution in [1.29, 1.82) is 0 Å². The zero-order valence-corrected chi connectivity index (χ0v) is 8.16. The molecule has 2 heterocycles. The summed E-state index contributed by atoms with van der Waals surface area (Å²) >= 11 is 0. The molecule has 2 saturated heterocycles. The van der Waals surface area contributed by atoms with Crippen molar-refractivity contribution in [2.75, 3.05) is 19.7 Å². The van der Waals surface area contributed by atoms with Crippen LogP contribution in [0, 0.1) is 5.92 Å². The average Bonchev–Trinajstić information content (AvgIpc) is 2.62. The zero-order chi connectivity index (χ0) is 9.26. The Morgan fingerprint density at radius 3 is 3.08 bits per heavy atom. The molecule has 0 bridgehead atoms. The first kappa shape index (κ1) is 9.00. The van der Waals surface area contributed by atoms with Gasteiger partial charge in [0, 0.05) is 6.04 Å². The quantitative estimate of drug-likeness (QED) is 0.599. The van der Waals surface area contributed by atoms with E-state index >= 15 is 0 Å². The maximum Gasteiger partial charge on any atom is 0.310 e. The molecule has 2 aliphatic heterocycles. The van der Waals surface area contributed by atoms with Gasteiger partial charge in [0.25, 0.3) is 0 Å². The van der Waals surface area contributed by atoms with Crippen LogP contribution < -0.4 is 0 Å². The van der Waals surface area contributed by atoms with Crippen molar-refractivity contribution in [3.8, 4) is 0 Å². The zero-order valence-electron chi connectivity index (χ0n) is 8.16. The lowest BCUT2D eigenvalue weighted by Crippen LogP contribution is -2.31. The fourth-order valence-electron chi connectivity index (χ4n) is 2.61. The van der Waals surface area contributed by atoms with Crippen LogP contribution in [0.4, 0.5) is 0 Å². The van der Waals surface area contributed by atoms with Crippen molar-refractivity contribution in [1.82, 2.24) is 4.90 Å². The lowest BCUT2D eigenvalue weighted by atomic mass is 9.99. The van der Waals surface area contributed by atoms with E-state index in [9.17, 15) is 4.79 Å². The summed E-state index contributed by atoms with van der Waals surface area (Å²) in [6.07, 6.45) is 3.44. The number of carbonyl (C=O) groups excluding carboxylic acids is 1. The van der Waals surface area contributed by atoms with E-state index < -0.39 is 0 Å². The maximum atomic E-state index is 11.5. The van der Waals surface area contributed by atoms with Gasteiger partial charge < -0.3 is 4.74 Å². The SMILES string of the molecule is CCOC(=O)[C@H]1CCN2CCC[C@@H]12. The fourth-order valence-corrected chi connectivity index (χ4v) is 2.61. The van der Waals surface area contributed by atoms with E-state index in [1.165, 1.54) is 19.4 Å². The number of esters is 1. The number of fused-ring (bicyclic) bond motifs is 1. The highest BCUT2D eigenvalue weighted by molar-refractivity contribution is 5.73. The number of hydrogen-bond donors (Lipinski definition) is 0. The molecule has 0 unspecified atom stereocenters. The highest BCUT2D eigenvalue weighted by atomic mass is 16.5. The van der Waals surface area contributed by atoms with Crippen LogP contribution in [0.5, 0.6) is 0 Å². The molecule has 0 amide bonds. The van der Waals surface area contributed by atoms with Crippen LogP contribution in [0.2, 0.25) is 0 Å². The summed E-state index contributed by atoms with van der Waals surface area (Å²) in [5.74, 6) is 0.194. The molecule has 0 aromatic rings. The van der Waals surface area contributed by atoms with Gasteiger partial charge in [0.2, 0.25) is 0 Å². The second-order valence-electron chi connectivity index (χ2n) is 3.89. The highest BCUT2D eigenvalue weighted by Gasteiger charge is 2.41. The van der Waals surface area contributed by atoms with Crippen LogP contribution in [-0.4, -0.2) is 36.6 Å². The fraction of sp³-hybridized carbons (Fsp3) is 0.900. The van der Waals surface area contributed by atoms with Gasteiger partial charge in [-0.2, -0.15) is 0 Å². The predicted molar refractivity (Wildman–Crippen MR) is 49.3 cm³/mol. The molecule has 0 aliphatic carbocycles. The molecule has 2 atom stereocenters. The summed E-state index contributed by atoms with van der Waals surface area (Å²) in [6.45, 7) is 4.66. The summed E-state index contributed by atoms with van der Waals surface area (Å²) in [6, 6.07) is 0.499. The Hall–Kier alpha value is -0.570. The van der Waals surface area contributed by atoms with Crippen LogP contribution in [0.3, 0.4) is 0 Å². The third-order valence-corrected chi connectivity index (χ3v) is 3.20. The molecule has 13 heavy (non-hydrogen) atoms. The van der Waals surface area contributed by atoms with Crippen LogP contribution in [-0.2, 0) is 9.53 Å². The van der Waals surface area contributed by atoms with Gasteiger partial charge in [-0.05, 0) is 39.3 Å². The number of carbonyl (C=O) groups is 1. The average molecular weight is 183 g/mol. The summed E-state index contributed by atoms with van der Waals surface area (Å²) < 4.78 is 5.07. The smallest absolute Gasteiger partial charge is 0.310 e.